The quantitative estimate of drug-likeness (QED) is 0.117. The van der Waals surface area contributed by atoms with Crippen LogP contribution < -0.4 is 21.7 Å². The van der Waals surface area contributed by atoms with E-state index in [-0.39, 0.29) is 31.2 Å². The number of hydrogen-bond donors (Lipinski definition) is 6. The second-order valence-electron chi connectivity index (χ2n) is 11.6. The Morgan fingerprint density at radius 3 is 2.20 bits per heavy atom. The lowest BCUT2D eigenvalue weighted by Gasteiger charge is -2.25. The van der Waals surface area contributed by atoms with E-state index in [2.05, 4.69) is 16.0 Å². The standard InChI is InChI=1S/C34H51N5O6S/c1-23-18-26(41)19-24(2)27(23)21-28(35)32(43)38-29(14-17-46-4)33(44)36-22-31(42)37-30(20-25-12-8-7-9-13-25)34(45)39(3)15-10-5-6-11-16-40/h7-9,12-13,18-19,28-30,40-41H,5-6,10-11,14-17,20-22,35H2,1-4H3,(H,36,44)(H,37,42)(H,38,43)/t28-,29+,30-/m0/s1. The van der Waals surface area contributed by atoms with Gasteiger partial charge in [0.15, 0.2) is 0 Å². The maximum atomic E-state index is 13.4. The number of amides is 4. The van der Waals surface area contributed by atoms with Crippen LogP contribution in [0.2, 0.25) is 0 Å². The molecule has 0 bridgehead atoms. The number of benzene rings is 2. The van der Waals surface area contributed by atoms with Gasteiger partial charge in [-0.2, -0.15) is 11.8 Å². The van der Waals surface area contributed by atoms with Gasteiger partial charge in [-0.25, -0.2) is 0 Å². The zero-order chi connectivity index (χ0) is 34.1. The van der Waals surface area contributed by atoms with E-state index in [1.54, 1.807) is 24.1 Å². The van der Waals surface area contributed by atoms with Gasteiger partial charge in [-0.05, 0) is 85.9 Å². The van der Waals surface area contributed by atoms with Gasteiger partial charge in [0.25, 0.3) is 0 Å². The molecule has 0 aromatic heterocycles. The van der Waals surface area contributed by atoms with E-state index < -0.39 is 35.8 Å². The number of aliphatic hydroxyl groups is 1. The molecule has 0 saturated carbocycles. The number of rotatable bonds is 20. The predicted octanol–water partition coefficient (Wildman–Crippen LogP) is 1.97. The Labute approximate surface area is 277 Å². The maximum Gasteiger partial charge on any atom is 0.245 e. The number of hydrogen-bond acceptors (Lipinski definition) is 8. The first-order valence-corrected chi connectivity index (χ1v) is 17.2. The highest BCUT2D eigenvalue weighted by Crippen LogP contribution is 2.22. The van der Waals surface area contributed by atoms with Gasteiger partial charge >= 0.3 is 0 Å². The summed E-state index contributed by atoms with van der Waals surface area (Å²) in [7, 11) is 1.70. The average molecular weight is 658 g/mol. The number of thioether (sulfide) groups is 1. The highest BCUT2D eigenvalue weighted by Gasteiger charge is 2.27. The molecular weight excluding hydrogens is 606 g/mol. The van der Waals surface area contributed by atoms with Crippen molar-refractivity contribution in [1.82, 2.24) is 20.9 Å². The van der Waals surface area contributed by atoms with Crippen molar-refractivity contribution in [1.29, 1.82) is 0 Å². The molecule has 0 aliphatic rings. The molecule has 7 N–H and O–H groups in total. The number of nitrogens with zero attached hydrogens (tertiary/aromatic N) is 1. The molecule has 2 aromatic rings. The second-order valence-corrected chi connectivity index (χ2v) is 12.6. The lowest BCUT2D eigenvalue weighted by Crippen LogP contribution is -2.55. The van der Waals surface area contributed by atoms with Crippen LogP contribution in [0, 0.1) is 13.8 Å². The summed E-state index contributed by atoms with van der Waals surface area (Å²) in [4.78, 5) is 54.2. The fourth-order valence-corrected chi connectivity index (χ4v) is 5.64. The van der Waals surface area contributed by atoms with Gasteiger partial charge in [0.1, 0.15) is 17.8 Å². The maximum absolute atomic E-state index is 13.4. The van der Waals surface area contributed by atoms with Crippen molar-refractivity contribution in [2.75, 3.05) is 38.8 Å². The lowest BCUT2D eigenvalue weighted by molar-refractivity contribution is -0.135. The van der Waals surface area contributed by atoms with Gasteiger partial charge in [0.05, 0.1) is 12.6 Å². The number of aryl methyl sites for hydroxylation is 2. The molecule has 0 fully saturated rings. The number of nitrogens with two attached hydrogens (primary N) is 1. The van der Waals surface area contributed by atoms with Crippen LogP contribution in [0.15, 0.2) is 42.5 Å². The minimum absolute atomic E-state index is 0.141. The fourth-order valence-electron chi connectivity index (χ4n) is 5.16. The Morgan fingerprint density at radius 2 is 1.57 bits per heavy atom. The number of carbonyl (C=O) groups is 4. The highest BCUT2D eigenvalue weighted by molar-refractivity contribution is 7.98. The second kappa shape index (κ2) is 20.5. The minimum Gasteiger partial charge on any atom is -0.508 e. The van der Waals surface area contributed by atoms with Gasteiger partial charge in [-0.3, -0.25) is 19.2 Å². The molecule has 11 nitrogen and oxygen atoms in total. The van der Waals surface area contributed by atoms with Crippen molar-refractivity contribution in [3.8, 4) is 5.75 Å². The van der Waals surface area contributed by atoms with Crippen LogP contribution in [0.3, 0.4) is 0 Å². The van der Waals surface area contributed by atoms with E-state index in [1.807, 2.05) is 50.4 Å². The summed E-state index contributed by atoms with van der Waals surface area (Å²) in [6.07, 6.45) is 6.02. The molecular formula is C34H51N5O6S. The molecule has 0 aliphatic carbocycles. The smallest absolute Gasteiger partial charge is 0.245 e. The fraction of sp³-hybridized carbons (Fsp3) is 0.529. The first-order valence-electron chi connectivity index (χ1n) is 15.8. The summed E-state index contributed by atoms with van der Waals surface area (Å²) < 4.78 is 0. The number of phenols is 1. The summed E-state index contributed by atoms with van der Waals surface area (Å²) in [6.45, 7) is 3.97. The van der Waals surface area contributed by atoms with E-state index in [1.165, 1.54) is 11.8 Å². The number of aliphatic hydroxyl groups excluding tert-OH is 1. The van der Waals surface area contributed by atoms with Crippen LogP contribution in [0.5, 0.6) is 5.75 Å². The number of unbranched alkanes of at least 4 members (excludes halogenated alkanes) is 3. The molecule has 0 aliphatic heterocycles. The molecule has 0 unspecified atom stereocenters. The molecule has 2 aromatic carbocycles. The van der Waals surface area contributed by atoms with Gasteiger partial charge < -0.3 is 36.8 Å². The number of phenolic OH excluding ortho intramolecular Hbond substituents is 1. The van der Waals surface area contributed by atoms with Gasteiger partial charge in [0.2, 0.25) is 23.6 Å². The van der Waals surface area contributed by atoms with Crippen molar-refractivity contribution in [2.24, 2.45) is 5.73 Å². The minimum atomic E-state index is -0.925. The molecule has 12 heteroatoms. The first-order chi connectivity index (χ1) is 22.0. The van der Waals surface area contributed by atoms with Crippen LogP contribution in [0.1, 0.15) is 54.4 Å². The Bertz CT molecular complexity index is 1250. The molecule has 254 valence electrons. The first kappa shape index (κ1) is 38.6. The van der Waals surface area contributed by atoms with Crippen LogP contribution in [-0.2, 0) is 32.0 Å². The van der Waals surface area contributed by atoms with E-state index in [9.17, 15) is 24.3 Å². The zero-order valence-corrected chi connectivity index (χ0v) is 28.3. The van der Waals surface area contributed by atoms with E-state index >= 15 is 0 Å². The summed E-state index contributed by atoms with van der Waals surface area (Å²) in [5, 5.41) is 26.9. The summed E-state index contributed by atoms with van der Waals surface area (Å²) in [5.41, 5.74) is 9.60. The molecule has 0 saturated heterocycles. The largest absolute Gasteiger partial charge is 0.508 e. The van der Waals surface area contributed by atoms with Crippen LogP contribution >= 0.6 is 11.8 Å². The Balaban J connectivity index is 2.02. The molecule has 4 amide bonds. The van der Waals surface area contributed by atoms with Crippen molar-refractivity contribution >= 4 is 35.4 Å². The third-order valence-corrected chi connectivity index (χ3v) is 8.45. The van der Waals surface area contributed by atoms with Crippen molar-refractivity contribution in [2.45, 2.75) is 76.9 Å². The third-order valence-electron chi connectivity index (χ3n) is 7.80. The van der Waals surface area contributed by atoms with Crippen LogP contribution in [0.25, 0.3) is 0 Å². The summed E-state index contributed by atoms with van der Waals surface area (Å²) in [5.74, 6) is -1.04. The third kappa shape index (κ3) is 13.4. The molecule has 3 atom stereocenters. The van der Waals surface area contributed by atoms with E-state index in [0.717, 1.165) is 47.9 Å². The number of aromatic hydroxyl groups is 1. The number of carbonyl (C=O) groups excluding carboxylic acids is 4. The van der Waals surface area contributed by atoms with E-state index in [4.69, 9.17) is 10.8 Å². The molecule has 46 heavy (non-hydrogen) atoms. The van der Waals surface area contributed by atoms with Gasteiger partial charge in [0, 0.05) is 26.6 Å². The summed E-state index contributed by atoms with van der Waals surface area (Å²) >= 11 is 1.52. The monoisotopic (exact) mass is 657 g/mol. The molecule has 0 heterocycles. The Hall–Kier alpha value is -3.61. The number of nitrogens with one attached hydrogen (secondary N) is 3. The Kier molecular flexibility index (Phi) is 17.2. The van der Waals surface area contributed by atoms with Gasteiger partial charge in [-0.1, -0.05) is 43.2 Å². The van der Waals surface area contributed by atoms with Crippen molar-refractivity contribution in [3.63, 3.8) is 0 Å². The van der Waals surface area contributed by atoms with Crippen LogP contribution in [0.4, 0.5) is 0 Å². The molecule has 0 spiro atoms. The zero-order valence-electron chi connectivity index (χ0n) is 27.5. The highest BCUT2D eigenvalue weighted by atomic mass is 32.2. The van der Waals surface area contributed by atoms with Crippen molar-refractivity contribution < 1.29 is 29.4 Å². The van der Waals surface area contributed by atoms with E-state index in [0.29, 0.717) is 25.1 Å². The number of likely N-dealkylation sites (N-methyl/N-ethyl adjacent to an activating group) is 1. The normalized spacial score (nSPS) is 12.9. The predicted molar refractivity (Wildman–Crippen MR) is 182 cm³/mol. The Morgan fingerprint density at radius 1 is 0.913 bits per heavy atom. The summed E-state index contributed by atoms with van der Waals surface area (Å²) in [6, 6.07) is 9.96. The lowest BCUT2D eigenvalue weighted by atomic mass is 9.96. The molecule has 2 rings (SSSR count). The van der Waals surface area contributed by atoms with Gasteiger partial charge in [-0.15, -0.1) is 0 Å². The average Bonchev–Trinajstić information content (AvgIpc) is 3.02. The van der Waals surface area contributed by atoms with Crippen molar-refractivity contribution in [3.05, 3.63) is 64.7 Å². The van der Waals surface area contributed by atoms with Crippen LogP contribution in [-0.4, -0.2) is 95.6 Å². The SMILES string of the molecule is CSCC[C@@H](NC(=O)[C@@H](N)Cc1c(C)cc(O)cc1C)C(=O)NCC(=O)N[C@@H](Cc1ccccc1)C(=O)N(C)CCCCCCO. The molecule has 0 radical (unpaired) electrons. The topological polar surface area (TPSA) is 174 Å².